The number of pyridine rings is 1. The normalized spacial score (nSPS) is 12.3. The average Bonchev–Trinajstić information content (AvgIpc) is 3.41. The van der Waals surface area contributed by atoms with Crippen molar-refractivity contribution in [2.24, 2.45) is 0 Å². The number of rotatable bonds is 3. The topological polar surface area (TPSA) is 30.3 Å². The van der Waals surface area contributed by atoms with Gasteiger partial charge >= 0.3 is 0 Å². The molecule has 43 heavy (non-hydrogen) atoms. The van der Waals surface area contributed by atoms with Gasteiger partial charge < -0.3 is 14.2 Å². The lowest BCUT2D eigenvalue weighted by atomic mass is 10.0. The van der Waals surface area contributed by atoms with E-state index in [9.17, 15) is 0 Å². The molecule has 0 bridgehead atoms. The van der Waals surface area contributed by atoms with Gasteiger partial charge in [0.2, 0.25) is 0 Å². The highest BCUT2D eigenvalue weighted by Crippen LogP contribution is 2.51. The van der Waals surface area contributed by atoms with E-state index < -0.39 is 0 Å². The predicted octanol–water partition coefficient (Wildman–Crippen LogP) is 10.6. The molecule has 1 aliphatic heterocycles. The molecule has 9 rings (SSSR count). The minimum atomic E-state index is 0.820. The van der Waals surface area contributed by atoms with Crippen molar-refractivity contribution in [1.82, 2.24) is 9.55 Å². The molecule has 0 spiro atoms. The molecule has 0 unspecified atom stereocenters. The molecule has 0 radical (unpaired) electrons. The van der Waals surface area contributed by atoms with Gasteiger partial charge in [-0.25, -0.2) is 0 Å². The van der Waals surface area contributed by atoms with Crippen molar-refractivity contribution in [1.29, 1.82) is 0 Å². The second kappa shape index (κ2) is 9.33. The maximum Gasteiger partial charge on any atom is 0.151 e. The van der Waals surface area contributed by atoms with Crippen molar-refractivity contribution in [3.63, 3.8) is 0 Å². The van der Waals surface area contributed by atoms with Crippen molar-refractivity contribution in [3.8, 4) is 28.3 Å². The highest BCUT2D eigenvalue weighted by atomic mass is 16.5. The summed E-state index contributed by atoms with van der Waals surface area (Å²) in [4.78, 5) is 7.04. The molecule has 6 aromatic carbocycles. The Hall–Kier alpha value is -5.87. The van der Waals surface area contributed by atoms with Crippen LogP contribution in [0.15, 0.2) is 152 Å². The third kappa shape index (κ3) is 3.67. The molecule has 0 amide bonds. The van der Waals surface area contributed by atoms with Gasteiger partial charge in [0.1, 0.15) is 0 Å². The summed E-state index contributed by atoms with van der Waals surface area (Å²) in [6, 6.07) is 51.1. The molecule has 3 heterocycles. The van der Waals surface area contributed by atoms with Crippen LogP contribution in [0.25, 0.3) is 49.5 Å². The Kier molecular flexibility index (Phi) is 5.16. The predicted molar refractivity (Wildman–Crippen MR) is 176 cm³/mol. The van der Waals surface area contributed by atoms with Gasteiger partial charge in [0, 0.05) is 39.3 Å². The summed E-state index contributed by atoms with van der Waals surface area (Å²) >= 11 is 0. The van der Waals surface area contributed by atoms with E-state index in [1.54, 1.807) is 0 Å². The van der Waals surface area contributed by atoms with Crippen LogP contribution in [0.5, 0.6) is 11.5 Å². The first-order valence-electron chi connectivity index (χ1n) is 14.5. The average molecular weight is 552 g/mol. The highest BCUT2D eigenvalue weighted by molar-refractivity contribution is 6.09. The molecular formula is C39H25N3O. The Labute approximate surface area is 248 Å². The zero-order valence-corrected chi connectivity index (χ0v) is 23.2. The fourth-order valence-corrected chi connectivity index (χ4v) is 6.51. The first kappa shape index (κ1) is 23.8. The van der Waals surface area contributed by atoms with Crippen LogP contribution in [0.1, 0.15) is 0 Å². The number of anilines is 3. The Morgan fingerprint density at radius 1 is 0.512 bits per heavy atom. The van der Waals surface area contributed by atoms with Gasteiger partial charge in [-0.1, -0.05) is 84.9 Å². The summed E-state index contributed by atoms with van der Waals surface area (Å²) in [6.07, 6.45) is 1.86. The monoisotopic (exact) mass is 551 g/mol. The summed E-state index contributed by atoms with van der Waals surface area (Å²) < 4.78 is 8.84. The summed E-state index contributed by atoms with van der Waals surface area (Å²) in [5.41, 5.74) is 9.72. The van der Waals surface area contributed by atoms with Crippen LogP contribution >= 0.6 is 0 Å². The highest BCUT2D eigenvalue weighted by Gasteiger charge is 2.27. The van der Waals surface area contributed by atoms with Gasteiger partial charge in [-0.3, -0.25) is 4.98 Å². The SMILES string of the molecule is c1cc(-c2cccc3cccnc23)cc(N2c3ccccc3Oc3ccc(-n4c5ccccc5c5ccccc54)cc32)c1. The van der Waals surface area contributed by atoms with Crippen LogP contribution in [-0.2, 0) is 0 Å². The number of hydrogen-bond acceptors (Lipinski definition) is 3. The van der Waals surface area contributed by atoms with Crippen LogP contribution in [-0.4, -0.2) is 9.55 Å². The molecule has 0 N–H and O–H groups in total. The van der Waals surface area contributed by atoms with E-state index in [-0.39, 0.29) is 0 Å². The third-order valence-corrected chi connectivity index (χ3v) is 8.40. The van der Waals surface area contributed by atoms with Crippen LogP contribution in [0, 0.1) is 0 Å². The minimum Gasteiger partial charge on any atom is -0.453 e. The Morgan fingerprint density at radius 2 is 1.23 bits per heavy atom. The number of nitrogens with zero attached hydrogens (tertiary/aromatic N) is 3. The lowest BCUT2D eigenvalue weighted by Gasteiger charge is -2.33. The maximum absolute atomic E-state index is 6.49. The summed E-state index contributed by atoms with van der Waals surface area (Å²) in [6.45, 7) is 0. The van der Waals surface area contributed by atoms with Gasteiger partial charge in [-0.05, 0) is 66.2 Å². The molecule has 2 aromatic heterocycles. The zero-order chi connectivity index (χ0) is 28.3. The van der Waals surface area contributed by atoms with Crippen molar-refractivity contribution in [2.45, 2.75) is 0 Å². The quantitative estimate of drug-likeness (QED) is 0.219. The van der Waals surface area contributed by atoms with E-state index in [1.807, 2.05) is 24.4 Å². The lowest BCUT2D eigenvalue weighted by molar-refractivity contribution is 0.477. The van der Waals surface area contributed by atoms with Crippen LogP contribution in [0.4, 0.5) is 17.1 Å². The first-order valence-corrected chi connectivity index (χ1v) is 14.5. The van der Waals surface area contributed by atoms with Crippen molar-refractivity contribution >= 4 is 49.8 Å². The van der Waals surface area contributed by atoms with E-state index in [0.717, 1.165) is 56.3 Å². The lowest BCUT2D eigenvalue weighted by Crippen LogP contribution is -2.16. The largest absolute Gasteiger partial charge is 0.453 e. The fraction of sp³-hybridized carbons (Fsp3) is 0. The zero-order valence-electron chi connectivity index (χ0n) is 23.2. The van der Waals surface area contributed by atoms with E-state index in [1.165, 1.54) is 21.8 Å². The molecule has 1 aliphatic rings. The number of aromatic nitrogens is 2. The molecule has 0 saturated carbocycles. The number of ether oxygens (including phenoxy) is 1. The van der Waals surface area contributed by atoms with E-state index in [4.69, 9.17) is 9.72 Å². The number of hydrogen-bond donors (Lipinski definition) is 0. The van der Waals surface area contributed by atoms with E-state index >= 15 is 0 Å². The van der Waals surface area contributed by atoms with Gasteiger partial charge in [0.15, 0.2) is 11.5 Å². The van der Waals surface area contributed by atoms with Crippen LogP contribution < -0.4 is 9.64 Å². The molecule has 4 nitrogen and oxygen atoms in total. The molecule has 0 aliphatic carbocycles. The number of para-hydroxylation sites is 5. The summed E-state index contributed by atoms with van der Waals surface area (Å²) in [7, 11) is 0. The minimum absolute atomic E-state index is 0.820. The molecule has 0 atom stereocenters. The Balaban J connectivity index is 1.26. The van der Waals surface area contributed by atoms with Crippen molar-refractivity contribution in [2.75, 3.05) is 4.90 Å². The molecule has 202 valence electrons. The Morgan fingerprint density at radius 3 is 2.09 bits per heavy atom. The molecular weight excluding hydrogens is 526 g/mol. The van der Waals surface area contributed by atoms with Gasteiger partial charge in [0.25, 0.3) is 0 Å². The van der Waals surface area contributed by atoms with Gasteiger partial charge in [0.05, 0.1) is 27.9 Å². The van der Waals surface area contributed by atoms with Gasteiger partial charge in [-0.15, -0.1) is 0 Å². The fourth-order valence-electron chi connectivity index (χ4n) is 6.51. The number of fused-ring (bicyclic) bond motifs is 6. The molecule has 0 saturated heterocycles. The molecule has 0 fully saturated rings. The van der Waals surface area contributed by atoms with E-state index in [0.29, 0.717) is 0 Å². The van der Waals surface area contributed by atoms with Crippen LogP contribution in [0.3, 0.4) is 0 Å². The molecule has 8 aromatic rings. The standard InChI is InChI=1S/C39H25N3O/c1-3-17-33-31(14-1)32-15-2-4-18-34(32)41(33)29-21-22-38-36(25-29)42(35-19-5-6-20-37(35)43-38)28-13-7-11-27(24-28)30-16-8-10-26-12-9-23-40-39(26)30/h1-25H. The van der Waals surface area contributed by atoms with Crippen LogP contribution in [0.2, 0.25) is 0 Å². The summed E-state index contributed by atoms with van der Waals surface area (Å²) in [5, 5.41) is 3.61. The smallest absolute Gasteiger partial charge is 0.151 e. The number of benzene rings is 6. The van der Waals surface area contributed by atoms with Crippen molar-refractivity contribution < 1.29 is 4.74 Å². The second-order valence-corrected chi connectivity index (χ2v) is 10.9. The first-order chi connectivity index (χ1) is 21.3. The third-order valence-electron chi connectivity index (χ3n) is 8.40. The second-order valence-electron chi connectivity index (χ2n) is 10.9. The van der Waals surface area contributed by atoms with E-state index in [2.05, 4.69) is 137 Å². The summed E-state index contributed by atoms with van der Waals surface area (Å²) in [5.74, 6) is 1.65. The van der Waals surface area contributed by atoms with Crippen molar-refractivity contribution in [3.05, 3.63) is 152 Å². The Bertz CT molecular complexity index is 2290. The van der Waals surface area contributed by atoms with Gasteiger partial charge in [-0.2, -0.15) is 0 Å². The maximum atomic E-state index is 6.49. The molecule has 4 heteroatoms.